The third-order valence-corrected chi connectivity index (χ3v) is 2.27. The van der Waals surface area contributed by atoms with Gasteiger partial charge in [0.2, 0.25) is 5.91 Å². The van der Waals surface area contributed by atoms with Crippen LogP contribution in [-0.2, 0) is 15.7 Å². The minimum absolute atomic E-state index is 0.00851. The summed E-state index contributed by atoms with van der Waals surface area (Å²) in [6.07, 6.45) is -5.28. The highest BCUT2D eigenvalue weighted by atomic mass is 19.4. The van der Waals surface area contributed by atoms with Crippen LogP contribution in [0.15, 0.2) is 24.3 Å². The molecule has 0 aliphatic carbocycles. The van der Waals surface area contributed by atoms with E-state index in [2.05, 4.69) is 10.6 Å². The van der Waals surface area contributed by atoms with Crippen molar-refractivity contribution in [3.05, 3.63) is 29.8 Å². The van der Waals surface area contributed by atoms with Crippen LogP contribution in [0.25, 0.3) is 0 Å². The van der Waals surface area contributed by atoms with E-state index < -0.39 is 35.9 Å². The van der Waals surface area contributed by atoms with E-state index in [1.165, 1.54) is 12.1 Å². The predicted molar refractivity (Wildman–Crippen MR) is 74.3 cm³/mol. The Morgan fingerprint density at radius 1 is 1.18 bits per heavy atom. The first kappa shape index (κ1) is 17.8. The molecule has 0 fully saturated rings. The zero-order valence-electron chi connectivity index (χ0n) is 12.4. The van der Waals surface area contributed by atoms with Crippen molar-refractivity contribution in [3.8, 4) is 0 Å². The molecule has 0 saturated carbocycles. The van der Waals surface area contributed by atoms with Gasteiger partial charge in [-0.1, -0.05) is 6.07 Å². The first-order chi connectivity index (χ1) is 9.97. The molecule has 1 rings (SSSR count). The van der Waals surface area contributed by atoms with E-state index in [-0.39, 0.29) is 5.69 Å². The van der Waals surface area contributed by atoms with Gasteiger partial charge in [0.25, 0.3) is 0 Å². The van der Waals surface area contributed by atoms with Crippen LogP contribution in [-0.4, -0.2) is 24.1 Å². The highest BCUT2D eigenvalue weighted by molar-refractivity contribution is 5.93. The number of hydrogen-bond acceptors (Lipinski definition) is 3. The summed E-state index contributed by atoms with van der Waals surface area (Å²) >= 11 is 0. The van der Waals surface area contributed by atoms with Crippen LogP contribution in [0.2, 0.25) is 0 Å². The van der Waals surface area contributed by atoms with Crippen molar-refractivity contribution in [1.29, 1.82) is 0 Å². The Labute approximate surface area is 125 Å². The number of rotatable bonds is 3. The van der Waals surface area contributed by atoms with Gasteiger partial charge < -0.3 is 15.4 Å². The molecule has 0 unspecified atom stereocenters. The Kier molecular flexibility index (Phi) is 5.40. The fraction of sp³-hybridized carbons (Fsp3) is 0.429. The molecule has 0 bridgehead atoms. The average molecular weight is 318 g/mol. The predicted octanol–water partition coefficient (Wildman–Crippen LogP) is 3.17. The fourth-order valence-electron chi connectivity index (χ4n) is 1.45. The van der Waals surface area contributed by atoms with E-state index in [0.29, 0.717) is 0 Å². The highest BCUT2D eigenvalue weighted by Crippen LogP contribution is 2.30. The van der Waals surface area contributed by atoms with E-state index >= 15 is 0 Å². The maximum atomic E-state index is 12.5. The lowest BCUT2D eigenvalue weighted by molar-refractivity contribution is -0.137. The van der Waals surface area contributed by atoms with Crippen LogP contribution in [0.4, 0.5) is 23.7 Å². The minimum atomic E-state index is -4.49. The zero-order valence-corrected chi connectivity index (χ0v) is 12.4. The lowest BCUT2D eigenvalue weighted by Gasteiger charge is -2.19. The van der Waals surface area contributed by atoms with Crippen LogP contribution in [0.3, 0.4) is 0 Å². The minimum Gasteiger partial charge on any atom is -0.444 e. The molecule has 0 saturated heterocycles. The number of anilines is 1. The van der Waals surface area contributed by atoms with Crippen LogP contribution >= 0.6 is 0 Å². The number of benzene rings is 1. The number of carbonyl (C=O) groups is 2. The molecular formula is C14H17F3N2O3. The lowest BCUT2D eigenvalue weighted by Crippen LogP contribution is -2.37. The maximum Gasteiger partial charge on any atom is 0.416 e. The van der Waals surface area contributed by atoms with Crippen LogP contribution in [0.5, 0.6) is 0 Å². The van der Waals surface area contributed by atoms with Gasteiger partial charge in [-0.3, -0.25) is 4.79 Å². The summed E-state index contributed by atoms with van der Waals surface area (Å²) in [7, 11) is 0. The third-order valence-electron chi connectivity index (χ3n) is 2.27. The fourth-order valence-corrected chi connectivity index (χ4v) is 1.45. The molecule has 122 valence electrons. The summed E-state index contributed by atoms with van der Waals surface area (Å²) in [6, 6.07) is 4.21. The van der Waals surface area contributed by atoms with Crippen molar-refractivity contribution in [1.82, 2.24) is 5.32 Å². The molecule has 1 aromatic carbocycles. The second kappa shape index (κ2) is 6.67. The molecule has 0 heterocycles. The number of hydrogen-bond donors (Lipinski definition) is 2. The third kappa shape index (κ3) is 6.47. The van der Waals surface area contributed by atoms with E-state index in [9.17, 15) is 22.8 Å². The van der Waals surface area contributed by atoms with Gasteiger partial charge in [0.1, 0.15) is 12.1 Å². The number of amides is 2. The van der Waals surface area contributed by atoms with Crippen molar-refractivity contribution < 1.29 is 27.5 Å². The van der Waals surface area contributed by atoms with Gasteiger partial charge in [-0.15, -0.1) is 0 Å². The monoisotopic (exact) mass is 318 g/mol. The molecule has 1 aromatic rings. The quantitative estimate of drug-likeness (QED) is 0.899. The van der Waals surface area contributed by atoms with Gasteiger partial charge in [0.05, 0.1) is 5.56 Å². The van der Waals surface area contributed by atoms with Crippen LogP contribution in [0.1, 0.15) is 26.3 Å². The van der Waals surface area contributed by atoms with Gasteiger partial charge in [-0.25, -0.2) is 4.79 Å². The van der Waals surface area contributed by atoms with Crippen LogP contribution < -0.4 is 10.6 Å². The van der Waals surface area contributed by atoms with Crippen LogP contribution in [0, 0.1) is 0 Å². The van der Waals surface area contributed by atoms with Crippen molar-refractivity contribution >= 4 is 17.7 Å². The number of alkyl carbamates (subject to hydrolysis) is 1. The lowest BCUT2D eigenvalue weighted by atomic mass is 10.2. The number of alkyl halides is 3. The van der Waals surface area contributed by atoms with Gasteiger partial charge in [-0.05, 0) is 39.0 Å². The topological polar surface area (TPSA) is 67.4 Å². The molecule has 2 N–H and O–H groups in total. The molecule has 0 aliphatic rings. The Hall–Kier alpha value is -2.25. The summed E-state index contributed by atoms with van der Waals surface area (Å²) in [5.41, 5.74) is -1.59. The second-order valence-electron chi connectivity index (χ2n) is 5.48. The maximum absolute atomic E-state index is 12.5. The molecule has 5 nitrogen and oxygen atoms in total. The SMILES string of the molecule is CC(C)(C)OC(=O)NCC(=O)Nc1cccc(C(F)(F)F)c1. The van der Waals surface area contributed by atoms with E-state index in [1.54, 1.807) is 20.8 Å². The van der Waals surface area contributed by atoms with E-state index in [0.717, 1.165) is 12.1 Å². The van der Waals surface area contributed by atoms with Crippen molar-refractivity contribution in [2.24, 2.45) is 0 Å². The summed E-state index contributed by atoms with van der Waals surface area (Å²) in [6.45, 7) is 4.57. The van der Waals surface area contributed by atoms with Crippen molar-refractivity contribution in [2.75, 3.05) is 11.9 Å². The first-order valence-electron chi connectivity index (χ1n) is 6.41. The number of carbonyl (C=O) groups excluding carboxylic acids is 2. The van der Waals surface area contributed by atoms with Gasteiger partial charge >= 0.3 is 12.3 Å². The molecule has 0 aliphatic heterocycles. The molecule has 22 heavy (non-hydrogen) atoms. The number of nitrogens with one attached hydrogen (secondary N) is 2. The first-order valence-corrected chi connectivity index (χ1v) is 6.41. The zero-order chi connectivity index (χ0) is 17.0. The summed E-state index contributed by atoms with van der Waals surface area (Å²) in [5.74, 6) is -0.662. The number of ether oxygens (including phenoxy) is 1. The van der Waals surface area contributed by atoms with Gasteiger partial charge in [-0.2, -0.15) is 13.2 Å². The summed E-state index contributed by atoms with van der Waals surface area (Å²) < 4.78 is 42.5. The smallest absolute Gasteiger partial charge is 0.416 e. The molecule has 0 radical (unpaired) electrons. The molecule has 0 aromatic heterocycles. The Morgan fingerprint density at radius 2 is 1.82 bits per heavy atom. The molecule has 0 spiro atoms. The molecule has 2 amide bonds. The Balaban J connectivity index is 2.54. The summed E-state index contributed by atoms with van der Waals surface area (Å²) in [5, 5.41) is 4.47. The summed E-state index contributed by atoms with van der Waals surface area (Å²) in [4.78, 5) is 22.9. The average Bonchev–Trinajstić information content (AvgIpc) is 2.34. The second-order valence-corrected chi connectivity index (χ2v) is 5.48. The van der Waals surface area contributed by atoms with Crippen molar-refractivity contribution in [2.45, 2.75) is 32.5 Å². The van der Waals surface area contributed by atoms with Gasteiger partial charge in [0, 0.05) is 5.69 Å². The van der Waals surface area contributed by atoms with Gasteiger partial charge in [0.15, 0.2) is 0 Å². The molecule has 0 atom stereocenters. The largest absolute Gasteiger partial charge is 0.444 e. The molecular weight excluding hydrogens is 301 g/mol. The highest BCUT2D eigenvalue weighted by Gasteiger charge is 2.30. The van der Waals surface area contributed by atoms with Crippen molar-refractivity contribution in [3.63, 3.8) is 0 Å². The van der Waals surface area contributed by atoms with E-state index in [1.807, 2.05) is 0 Å². The molecule has 8 heteroatoms. The normalized spacial score (nSPS) is 11.7. The standard InChI is InChI=1S/C14H17F3N2O3/c1-13(2,3)22-12(21)18-8-11(20)19-10-6-4-5-9(7-10)14(15,16)17/h4-7H,8H2,1-3H3,(H,18,21)(H,19,20). The Morgan fingerprint density at radius 3 is 2.36 bits per heavy atom. The van der Waals surface area contributed by atoms with E-state index in [4.69, 9.17) is 4.74 Å². The Bertz CT molecular complexity index is 551. The number of halogens is 3.